The summed E-state index contributed by atoms with van der Waals surface area (Å²) in [4.78, 5) is 8.76. The SMILES string of the molecule is CN=C(NCc1nccn1CC(C)C)NCC1(C)CCCS1. The molecule has 1 aliphatic heterocycles. The maximum atomic E-state index is 4.44. The summed E-state index contributed by atoms with van der Waals surface area (Å²) in [5.74, 6) is 3.80. The molecule has 1 unspecified atom stereocenters. The minimum atomic E-state index is 0.341. The Hall–Kier alpha value is -1.17. The molecule has 22 heavy (non-hydrogen) atoms. The van der Waals surface area contributed by atoms with E-state index in [-0.39, 0.29) is 0 Å². The van der Waals surface area contributed by atoms with Gasteiger partial charge in [0.05, 0.1) is 6.54 Å². The first-order valence-corrected chi connectivity index (χ1v) is 9.09. The Kier molecular flexibility index (Phi) is 6.17. The molecule has 0 aliphatic carbocycles. The lowest BCUT2D eigenvalue weighted by Gasteiger charge is -2.24. The van der Waals surface area contributed by atoms with Crippen molar-refractivity contribution in [2.24, 2.45) is 10.9 Å². The zero-order valence-corrected chi connectivity index (χ0v) is 15.0. The molecule has 0 spiro atoms. The zero-order chi connectivity index (χ0) is 16.0. The van der Waals surface area contributed by atoms with Gasteiger partial charge in [0.2, 0.25) is 0 Å². The van der Waals surface area contributed by atoms with Crippen LogP contribution in [0.15, 0.2) is 17.4 Å². The number of rotatable bonds is 6. The van der Waals surface area contributed by atoms with Gasteiger partial charge in [0.15, 0.2) is 5.96 Å². The third-order valence-corrected chi connectivity index (χ3v) is 5.47. The van der Waals surface area contributed by atoms with Gasteiger partial charge in [-0.1, -0.05) is 13.8 Å². The van der Waals surface area contributed by atoms with E-state index < -0.39 is 0 Å². The third kappa shape index (κ3) is 4.93. The highest BCUT2D eigenvalue weighted by molar-refractivity contribution is 8.00. The van der Waals surface area contributed by atoms with Crippen LogP contribution in [0.2, 0.25) is 0 Å². The number of hydrogen-bond donors (Lipinski definition) is 2. The Morgan fingerprint density at radius 1 is 1.50 bits per heavy atom. The lowest BCUT2D eigenvalue weighted by molar-refractivity contribution is 0.503. The molecular formula is C16H29N5S. The Morgan fingerprint density at radius 3 is 2.95 bits per heavy atom. The van der Waals surface area contributed by atoms with E-state index in [2.05, 4.69) is 57.7 Å². The van der Waals surface area contributed by atoms with Crippen LogP contribution in [0.1, 0.15) is 39.4 Å². The van der Waals surface area contributed by atoms with Crippen LogP contribution in [-0.2, 0) is 13.1 Å². The molecule has 0 aromatic carbocycles. The van der Waals surface area contributed by atoms with Crippen LogP contribution in [0, 0.1) is 5.92 Å². The molecule has 1 fully saturated rings. The molecule has 2 N–H and O–H groups in total. The van der Waals surface area contributed by atoms with Crippen molar-refractivity contribution in [3.05, 3.63) is 18.2 Å². The molecule has 0 radical (unpaired) electrons. The summed E-state index contributed by atoms with van der Waals surface area (Å²) in [5, 5.41) is 6.83. The number of aliphatic imine (C=N–C) groups is 1. The molecule has 2 heterocycles. The molecule has 0 bridgehead atoms. The molecule has 2 rings (SSSR count). The van der Waals surface area contributed by atoms with Gasteiger partial charge < -0.3 is 15.2 Å². The van der Waals surface area contributed by atoms with Crippen LogP contribution in [0.5, 0.6) is 0 Å². The second kappa shape index (κ2) is 7.90. The lowest BCUT2D eigenvalue weighted by atomic mass is 10.1. The predicted octanol–water partition coefficient (Wildman–Crippen LogP) is 2.49. The van der Waals surface area contributed by atoms with Crippen molar-refractivity contribution in [2.45, 2.75) is 51.4 Å². The summed E-state index contributed by atoms with van der Waals surface area (Å²) < 4.78 is 2.55. The maximum absolute atomic E-state index is 4.44. The molecule has 6 heteroatoms. The summed E-state index contributed by atoms with van der Waals surface area (Å²) in [6, 6.07) is 0. The number of nitrogens with one attached hydrogen (secondary N) is 2. The van der Waals surface area contributed by atoms with E-state index in [1.165, 1.54) is 18.6 Å². The first-order valence-electron chi connectivity index (χ1n) is 8.11. The Morgan fingerprint density at radius 2 is 2.32 bits per heavy atom. The standard InChI is InChI=1S/C16H29N5S/c1-13(2)11-21-8-7-18-14(21)10-19-15(17-4)20-12-16(3)6-5-9-22-16/h7-8,13H,5-6,9-12H2,1-4H3,(H2,17,19,20). The molecule has 1 atom stereocenters. The summed E-state index contributed by atoms with van der Waals surface area (Å²) in [7, 11) is 1.82. The Bertz CT molecular complexity index is 488. The van der Waals surface area contributed by atoms with Crippen LogP contribution in [0.4, 0.5) is 0 Å². The van der Waals surface area contributed by atoms with E-state index >= 15 is 0 Å². The average molecular weight is 324 g/mol. The van der Waals surface area contributed by atoms with Crippen LogP contribution >= 0.6 is 11.8 Å². The summed E-state index contributed by atoms with van der Waals surface area (Å²) in [5.41, 5.74) is 0. The van der Waals surface area contributed by atoms with Crippen molar-refractivity contribution < 1.29 is 0 Å². The maximum Gasteiger partial charge on any atom is 0.191 e. The van der Waals surface area contributed by atoms with E-state index in [9.17, 15) is 0 Å². The van der Waals surface area contributed by atoms with E-state index in [1.54, 1.807) is 0 Å². The smallest absolute Gasteiger partial charge is 0.191 e. The molecule has 5 nitrogen and oxygen atoms in total. The molecule has 1 saturated heterocycles. The van der Waals surface area contributed by atoms with Gasteiger partial charge in [0.25, 0.3) is 0 Å². The third-order valence-electron chi connectivity index (χ3n) is 3.93. The lowest BCUT2D eigenvalue weighted by Crippen LogP contribution is -2.43. The highest BCUT2D eigenvalue weighted by Crippen LogP contribution is 2.36. The second-order valence-electron chi connectivity index (χ2n) is 6.57. The van der Waals surface area contributed by atoms with Gasteiger partial charge in [0, 0.05) is 37.3 Å². The minimum Gasteiger partial charge on any atom is -0.355 e. The number of imidazole rings is 1. The largest absolute Gasteiger partial charge is 0.355 e. The van der Waals surface area contributed by atoms with Gasteiger partial charge in [-0.05, 0) is 31.4 Å². The quantitative estimate of drug-likeness (QED) is 0.624. The van der Waals surface area contributed by atoms with Crippen LogP contribution in [0.25, 0.3) is 0 Å². The Balaban J connectivity index is 1.82. The molecule has 124 valence electrons. The first-order chi connectivity index (χ1) is 10.5. The number of nitrogens with zero attached hydrogens (tertiary/aromatic N) is 3. The van der Waals surface area contributed by atoms with Crippen molar-refractivity contribution in [1.82, 2.24) is 20.2 Å². The normalized spacial score (nSPS) is 22.3. The van der Waals surface area contributed by atoms with Crippen LogP contribution in [0.3, 0.4) is 0 Å². The van der Waals surface area contributed by atoms with Gasteiger partial charge in [-0.15, -0.1) is 0 Å². The number of hydrogen-bond acceptors (Lipinski definition) is 3. The average Bonchev–Trinajstić information content (AvgIpc) is 3.08. The van der Waals surface area contributed by atoms with Crippen molar-refractivity contribution >= 4 is 17.7 Å². The molecule has 1 aromatic rings. The summed E-state index contributed by atoms with van der Waals surface area (Å²) in [6.45, 7) is 9.42. The van der Waals surface area contributed by atoms with E-state index in [0.29, 0.717) is 17.2 Å². The summed E-state index contributed by atoms with van der Waals surface area (Å²) in [6.07, 6.45) is 6.51. The van der Waals surface area contributed by atoms with E-state index in [0.717, 1.165) is 24.9 Å². The summed E-state index contributed by atoms with van der Waals surface area (Å²) >= 11 is 2.06. The van der Waals surface area contributed by atoms with Gasteiger partial charge in [-0.25, -0.2) is 4.98 Å². The topological polar surface area (TPSA) is 54.2 Å². The molecule has 1 aliphatic rings. The highest BCUT2D eigenvalue weighted by Gasteiger charge is 2.29. The zero-order valence-electron chi connectivity index (χ0n) is 14.2. The number of aromatic nitrogens is 2. The Labute approximate surface area is 138 Å². The van der Waals surface area contributed by atoms with Gasteiger partial charge in [-0.3, -0.25) is 4.99 Å². The van der Waals surface area contributed by atoms with Crippen molar-refractivity contribution in [1.29, 1.82) is 0 Å². The number of guanidine groups is 1. The van der Waals surface area contributed by atoms with Gasteiger partial charge in [-0.2, -0.15) is 11.8 Å². The molecular weight excluding hydrogens is 294 g/mol. The molecule has 0 amide bonds. The fourth-order valence-electron chi connectivity index (χ4n) is 2.70. The van der Waals surface area contributed by atoms with Crippen molar-refractivity contribution in [3.63, 3.8) is 0 Å². The van der Waals surface area contributed by atoms with Crippen LogP contribution in [-0.4, -0.2) is 39.6 Å². The molecule has 1 aromatic heterocycles. The van der Waals surface area contributed by atoms with E-state index in [1.807, 2.05) is 19.4 Å². The fraction of sp³-hybridized carbons (Fsp3) is 0.750. The second-order valence-corrected chi connectivity index (χ2v) is 8.25. The van der Waals surface area contributed by atoms with Gasteiger partial charge >= 0.3 is 0 Å². The number of thioether (sulfide) groups is 1. The van der Waals surface area contributed by atoms with E-state index in [4.69, 9.17) is 0 Å². The highest BCUT2D eigenvalue weighted by atomic mass is 32.2. The monoisotopic (exact) mass is 323 g/mol. The minimum absolute atomic E-state index is 0.341. The van der Waals surface area contributed by atoms with Crippen molar-refractivity contribution in [3.8, 4) is 0 Å². The fourth-order valence-corrected chi connectivity index (χ4v) is 3.94. The predicted molar refractivity (Wildman–Crippen MR) is 95.4 cm³/mol. The first kappa shape index (κ1) is 17.2. The van der Waals surface area contributed by atoms with Gasteiger partial charge in [0.1, 0.15) is 5.82 Å². The van der Waals surface area contributed by atoms with Crippen LogP contribution < -0.4 is 10.6 Å². The van der Waals surface area contributed by atoms with Crippen molar-refractivity contribution in [2.75, 3.05) is 19.3 Å². The molecule has 0 saturated carbocycles.